The van der Waals surface area contributed by atoms with Gasteiger partial charge >= 0.3 is 11.9 Å². The van der Waals surface area contributed by atoms with Gasteiger partial charge in [-0.2, -0.15) is 0 Å². The van der Waals surface area contributed by atoms with E-state index in [9.17, 15) is 14.7 Å². The number of rotatable bonds is 7. The van der Waals surface area contributed by atoms with Crippen molar-refractivity contribution in [2.45, 2.75) is 44.4 Å². The molecule has 2 unspecified atom stereocenters. The van der Waals surface area contributed by atoms with E-state index in [4.69, 9.17) is 4.74 Å². The van der Waals surface area contributed by atoms with Crippen molar-refractivity contribution < 1.29 is 19.4 Å². The van der Waals surface area contributed by atoms with E-state index in [1.165, 1.54) is 11.8 Å². The second-order valence-corrected chi connectivity index (χ2v) is 7.93. The zero-order valence-electron chi connectivity index (χ0n) is 14.3. The van der Waals surface area contributed by atoms with Crippen LogP contribution in [0.4, 0.5) is 0 Å². The maximum absolute atomic E-state index is 12.3. The SMILES string of the molecule is CC(C)CCC1(C(=O)O)CC(CSc2nc3ccccc3[nH]2)OC1=O. The lowest BCUT2D eigenvalue weighted by Crippen LogP contribution is -2.36. The number of hydrogen-bond acceptors (Lipinski definition) is 5. The number of fused-ring (bicyclic) bond motifs is 1. The highest BCUT2D eigenvalue weighted by Gasteiger charge is 2.54. The number of cyclic esters (lactones) is 1. The minimum atomic E-state index is -1.40. The number of nitrogens with one attached hydrogen (secondary N) is 1. The summed E-state index contributed by atoms with van der Waals surface area (Å²) in [5.74, 6) is -0.847. The molecule has 0 radical (unpaired) electrons. The molecule has 0 aliphatic carbocycles. The van der Waals surface area contributed by atoms with Crippen LogP contribution < -0.4 is 0 Å². The van der Waals surface area contributed by atoms with E-state index >= 15 is 0 Å². The van der Waals surface area contributed by atoms with E-state index in [0.29, 0.717) is 24.5 Å². The lowest BCUT2D eigenvalue weighted by atomic mass is 9.79. The molecule has 25 heavy (non-hydrogen) atoms. The fraction of sp³-hybridized carbons (Fsp3) is 0.500. The summed E-state index contributed by atoms with van der Waals surface area (Å²) in [4.78, 5) is 31.7. The van der Waals surface area contributed by atoms with Crippen LogP contribution in [0.3, 0.4) is 0 Å². The average molecular weight is 362 g/mol. The lowest BCUT2D eigenvalue weighted by molar-refractivity contribution is -0.161. The number of H-pyrrole nitrogens is 1. The summed E-state index contributed by atoms with van der Waals surface area (Å²) in [6, 6.07) is 7.73. The normalized spacial score (nSPS) is 23.3. The molecule has 2 N–H and O–H groups in total. The van der Waals surface area contributed by atoms with Crippen LogP contribution in [0.5, 0.6) is 0 Å². The smallest absolute Gasteiger partial charge is 0.323 e. The van der Waals surface area contributed by atoms with Gasteiger partial charge in [0.15, 0.2) is 10.6 Å². The molecule has 1 aliphatic heterocycles. The molecule has 0 saturated carbocycles. The second kappa shape index (κ2) is 7.07. The van der Waals surface area contributed by atoms with Gasteiger partial charge in [-0.25, -0.2) is 4.98 Å². The van der Waals surface area contributed by atoms with Crippen molar-refractivity contribution in [1.29, 1.82) is 0 Å². The van der Waals surface area contributed by atoms with Gasteiger partial charge < -0.3 is 14.8 Å². The van der Waals surface area contributed by atoms with Crippen molar-refractivity contribution in [3.05, 3.63) is 24.3 Å². The highest BCUT2D eigenvalue weighted by atomic mass is 32.2. The van der Waals surface area contributed by atoms with Crippen molar-refractivity contribution >= 4 is 34.7 Å². The summed E-state index contributed by atoms with van der Waals surface area (Å²) in [7, 11) is 0. The number of hydrogen-bond donors (Lipinski definition) is 2. The molecule has 1 aliphatic rings. The molecule has 134 valence electrons. The third kappa shape index (κ3) is 3.66. The number of imidazole rings is 1. The largest absolute Gasteiger partial charge is 0.480 e. The van der Waals surface area contributed by atoms with E-state index in [0.717, 1.165) is 16.2 Å². The first-order valence-electron chi connectivity index (χ1n) is 8.43. The van der Waals surface area contributed by atoms with Crippen molar-refractivity contribution in [3.8, 4) is 0 Å². The molecule has 2 heterocycles. The molecular formula is C18H22N2O4S. The Balaban J connectivity index is 1.65. The Morgan fingerprint density at radius 3 is 2.92 bits per heavy atom. The molecular weight excluding hydrogens is 340 g/mol. The van der Waals surface area contributed by atoms with Gasteiger partial charge in [0, 0.05) is 12.2 Å². The number of esters is 1. The number of carboxylic acid groups (broad SMARTS) is 1. The number of benzene rings is 1. The Labute approximate surface area is 150 Å². The van der Waals surface area contributed by atoms with Crippen LogP contribution in [0, 0.1) is 11.3 Å². The highest BCUT2D eigenvalue weighted by Crippen LogP contribution is 2.41. The summed E-state index contributed by atoms with van der Waals surface area (Å²) < 4.78 is 5.38. The third-order valence-corrected chi connectivity index (χ3v) is 5.58. The first-order valence-corrected chi connectivity index (χ1v) is 9.41. The summed E-state index contributed by atoms with van der Waals surface area (Å²) in [5.41, 5.74) is 0.430. The number of ether oxygens (including phenoxy) is 1. The number of carboxylic acids is 1. The van der Waals surface area contributed by atoms with Crippen LogP contribution in [-0.2, 0) is 14.3 Å². The minimum absolute atomic E-state index is 0.223. The fourth-order valence-electron chi connectivity index (χ4n) is 3.06. The van der Waals surface area contributed by atoms with Crippen LogP contribution in [-0.4, -0.2) is 38.9 Å². The monoisotopic (exact) mass is 362 g/mol. The molecule has 3 rings (SSSR count). The molecule has 0 bridgehead atoms. The van der Waals surface area contributed by atoms with E-state index in [1.54, 1.807) is 0 Å². The Morgan fingerprint density at radius 2 is 2.24 bits per heavy atom. The van der Waals surface area contributed by atoms with Crippen molar-refractivity contribution in [2.24, 2.45) is 11.3 Å². The van der Waals surface area contributed by atoms with E-state index in [2.05, 4.69) is 9.97 Å². The molecule has 0 amide bonds. The van der Waals surface area contributed by atoms with Gasteiger partial charge in [0.05, 0.1) is 11.0 Å². The zero-order valence-corrected chi connectivity index (χ0v) is 15.1. The first kappa shape index (κ1) is 17.8. The van der Waals surface area contributed by atoms with Gasteiger partial charge in [0.2, 0.25) is 0 Å². The van der Waals surface area contributed by atoms with Gasteiger partial charge in [-0.3, -0.25) is 9.59 Å². The topological polar surface area (TPSA) is 92.3 Å². The Morgan fingerprint density at radius 1 is 1.48 bits per heavy atom. The van der Waals surface area contributed by atoms with Gasteiger partial charge in [0.1, 0.15) is 6.10 Å². The van der Waals surface area contributed by atoms with Crippen molar-refractivity contribution in [3.63, 3.8) is 0 Å². The molecule has 7 heteroatoms. The number of aliphatic carboxylic acids is 1. The Hall–Kier alpha value is -2.02. The summed E-state index contributed by atoms with van der Waals surface area (Å²) >= 11 is 1.45. The standard InChI is InChI=1S/C18H22N2O4S/c1-11(2)7-8-18(15(21)22)9-12(24-16(18)23)10-25-17-19-13-5-3-4-6-14(13)20-17/h3-6,11-12H,7-10H2,1-2H3,(H,19,20)(H,21,22). The highest BCUT2D eigenvalue weighted by molar-refractivity contribution is 7.99. The minimum Gasteiger partial charge on any atom is -0.480 e. The number of thioether (sulfide) groups is 1. The molecule has 0 spiro atoms. The number of para-hydroxylation sites is 2. The van der Waals surface area contributed by atoms with Crippen LogP contribution in [0.15, 0.2) is 29.4 Å². The molecule has 2 atom stereocenters. The van der Waals surface area contributed by atoms with Crippen molar-refractivity contribution in [2.75, 3.05) is 5.75 Å². The number of aromatic nitrogens is 2. The lowest BCUT2D eigenvalue weighted by Gasteiger charge is -2.20. The van der Waals surface area contributed by atoms with Gasteiger partial charge in [0.25, 0.3) is 0 Å². The van der Waals surface area contributed by atoms with E-state index < -0.39 is 23.5 Å². The first-order chi connectivity index (χ1) is 11.9. The van der Waals surface area contributed by atoms with Crippen LogP contribution in [0.1, 0.15) is 33.1 Å². The van der Waals surface area contributed by atoms with Crippen LogP contribution >= 0.6 is 11.8 Å². The molecule has 1 aromatic carbocycles. The molecule has 1 fully saturated rings. The summed E-state index contributed by atoms with van der Waals surface area (Å²) in [6.07, 6.45) is 0.824. The predicted octanol–water partition coefficient (Wildman–Crippen LogP) is 3.48. The van der Waals surface area contributed by atoms with Gasteiger partial charge in [-0.15, -0.1) is 0 Å². The zero-order chi connectivity index (χ0) is 18.0. The number of aromatic amines is 1. The summed E-state index contributed by atoms with van der Waals surface area (Å²) in [6.45, 7) is 4.04. The average Bonchev–Trinajstić information content (AvgIpc) is 3.12. The predicted molar refractivity (Wildman–Crippen MR) is 95.5 cm³/mol. The molecule has 6 nitrogen and oxygen atoms in total. The van der Waals surface area contributed by atoms with Crippen molar-refractivity contribution in [1.82, 2.24) is 9.97 Å². The molecule has 2 aromatic rings. The Kier molecular flexibility index (Phi) is 5.03. The quantitative estimate of drug-likeness (QED) is 0.445. The number of nitrogens with zero attached hydrogens (tertiary/aromatic N) is 1. The Bertz CT molecular complexity index is 755. The van der Waals surface area contributed by atoms with E-state index in [-0.39, 0.29) is 6.42 Å². The van der Waals surface area contributed by atoms with Crippen LogP contribution in [0.25, 0.3) is 11.0 Å². The summed E-state index contributed by atoms with van der Waals surface area (Å²) in [5, 5.41) is 10.4. The fourth-order valence-corrected chi connectivity index (χ4v) is 3.94. The third-order valence-electron chi connectivity index (χ3n) is 4.57. The number of carbonyl (C=O) groups is 2. The second-order valence-electron chi connectivity index (χ2n) is 6.92. The molecule has 1 aromatic heterocycles. The number of carbonyl (C=O) groups excluding carboxylic acids is 1. The maximum atomic E-state index is 12.3. The maximum Gasteiger partial charge on any atom is 0.323 e. The molecule has 1 saturated heterocycles. The van der Waals surface area contributed by atoms with Crippen LogP contribution in [0.2, 0.25) is 0 Å². The van der Waals surface area contributed by atoms with Gasteiger partial charge in [-0.05, 0) is 30.9 Å². The van der Waals surface area contributed by atoms with E-state index in [1.807, 2.05) is 38.1 Å². The van der Waals surface area contributed by atoms with Gasteiger partial charge in [-0.1, -0.05) is 37.7 Å².